The van der Waals surface area contributed by atoms with Crippen molar-refractivity contribution in [2.24, 2.45) is 11.7 Å². The summed E-state index contributed by atoms with van der Waals surface area (Å²) in [6.45, 7) is 11.5. The molecule has 0 saturated heterocycles. The second kappa shape index (κ2) is 7.26. The molecule has 2 atom stereocenters. The molecule has 1 heteroatoms. The van der Waals surface area contributed by atoms with Gasteiger partial charge in [-0.2, -0.15) is 0 Å². The third kappa shape index (κ3) is 2.79. The molecule has 1 aromatic carbocycles. The van der Waals surface area contributed by atoms with Gasteiger partial charge in [-0.3, -0.25) is 0 Å². The Morgan fingerprint density at radius 2 is 1.50 bits per heavy atom. The molecular formula is C19H33N. The van der Waals surface area contributed by atoms with Crippen molar-refractivity contribution in [3.63, 3.8) is 0 Å². The van der Waals surface area contributed by atoms with Crippen LogP contribution < -0.4 is 5.73 Å². The Bertz CT molecular complexity index is 380. The molecule has 0 radical (unpaired) electrons. The number of hydrogen-bond donors (Lipinski definition) is 1. The lowest BCUT2D eigenvalue weighted by atomic mass is 9.56. The first-order chi connectivity index (χ1) is 9.52. The summed E-state index contributed by atoms with van der Waals surface area (Å²) in [4.78, 5) is 0. The second-order valence-corrected chi connectivity index (χ2v) is 6.24. The molecule has 2 N–H and O–H groups in total. The molecular weight excluding hydrogens is 242 g/mol. The van der Waals surface area contributed by atoms with Crippen molar-refractivity contribution < 1.29 is 0 Å². The molecule has 0 aliphatic carbocycles. The lowest BCUT2D eigenvalue weighted by Crippen LogP contribution is -2.61. The first kappa shape index (κ1) is 17.2. The van der Waals surface area contributed by atoms with Gasteiger partial charge in [0.25, 0.3) is 0 Å². The lowest BCUT2D eigenvalue weighted by molar-refractivity contribution is 0.118. The summed E-state index contributed by atoms with van der Waals surface area (Å²) < 4.78 is 0. The minimum absolute atomic E-state index is 0.0809. The molecule has 0 saturated carbocycles. The van der Waals surface area contributed by atoms with Crippen LogP contribution in [0, 0.1) is 5.92 Å². The van der Waals surface area contributed by atoms with E-state index in [1.165, 1.54) is 18.4 Å². The topological polar surface area (TPSA) is 26.0 Å². The number of benzene rings is 1. The van der Waals surface area contributed by atoms with Crippen LogP contribution in [0.2, 0.25) is 0 Å². The van der Waals surface area contributed by atoms with Crippen LogP contribution in [0.25, 0.3) is 0 Å². The molecule has 1 nitrogen and oxygen atoms in total. The predicted molar refractivity (Wildman–Crippen MR) is 90.0 cm³/mol. The number of rotatable bonds is 8. The molecule has 0 aliphatic rings. The highest BCUT2D eigenvalue weighted by atomic mass is 14.8. The Balaban J connectivity index is 3.35. The Hall–Kier alpha value is -0.820. The fourth-order valence-corrected chi connectivity index (χ4v) is 4.19. The molecule has 1 aromatic rings. The summed E-state index contributed by atoms with van der Waals surface area (Å²) in [6, 6.07) is 10.9. The van der Waals surface area contributed by atoms with Crippen LogP contribution in [0.1, 0.15) is 72.3 Å². The Kier molecular flexibility index (Phi) is 6.26. The zero-order valence-electron chi connectivity index (χ0n) is 14.1. The van der Waals surface area contributed by atoms with E-state index in [4.69, 9.17) is 5.73 Å². The Morgan fingerprint density at radius 1 is 0.950 bits per heavy atom. The van der Waals surface area contributed by atoms with Crippen LogP contribution in [0.15, 0.2) is 30.3 Å². The van der Waals surface area contributed by atoms with Gasteiger partial charge < -0.3 is 5.73 Å². The Morgan fingerprint density at radius 3 is 1.90 bits per heavy atom. The van der Waals surface area contributed by atoms with E-state index in [9.17, 15) is 0 Å². The van der Waals surface area contributed by atoms with Crippen molar-refractivity contribution in [3.05, 3.63) is 35.9 Å². The third-order valence-corrected chi connectivity index (χ3v) is 5.61. The van der Waals surface area contributed by atoms with Crippen LogP contribution in [-0.2, 0) is 5.41 Å². The summed E-state index contributed by atoms with van der Waals surface area (Å²) in [5.74, 6) is 0.539. The van der Waals surface area contributed by atoms with E-state index in [0.717, 1.165) is 19.3 Å². The maximum atomic E-state index is 7.06. The predicted octanol–water partition coefficient (Wildman–Crippen LogP) is 5.29. The van der Waals surface area contributed by atoms with E-state index in [1.54, 1.807) is 0 Å². The van der Waals surface area contributed by atoms with Crippen LogP contribution in [0.4, 0.5) is 0 Å². The van der Waals surface area contributed by atoms with E-state index >= 15 is 0 Å². The van der Waals surface area contributed by atoms with E-state index in [0.29, 0.717) is 5.92 Å². The van der Waals surface area contributed by atoms with E-state index < -0.39 is 0 Å². The summed E-state index contributed by atoms with van der Waals surface area (Å²) in [6.07, 6.45) is 5.65. The maximum Gasteiger partial charge on any atom is 0.0275 e. The van der Waals surface area contributed by atoms with Gasteiger partial charge in [0.05, 0.1) is 0 Å². The van der Waals surface area contributed by atoms with Gasteiger partial charge in [0.2, 0.25) is 0 Å². The van der Waals surface area contributed by atoms with Gasteiger partial charge in [-0.1, -0.05) is 71.4 Å². The average molecular weight is 275 g/mol. The van der Waals surface area contributed by atoms with Gasteiger partial charge in [-0.05, 0) is 37.2 Å². The zero-order chi connectivity index (χ0) is 15.2. The molecule has 0 heterocycles. The fourth-order valence-electron chi connectivity index (χ4n) is 4.19. The van der Waals surface area contributed by atoms with Gasteiger partial charge in [-0.15, -0.1) is 0 Å². The van der Waals surface area contributed by atoms with Crippen molar-refractivity contribution in [3.8, 4) is 0 Å². The fraction of sp³-hybridized carbons (Fsp3) is 0.684. The van der Waals surface area contributed by atoms with Crippen LogP contribution in [-0.4, -0.2) is 5.54 Å². The number of nitrogens with two attached hydrogens (primary N) is 1. The first-order valence-corrected chi connectivity index (χ1v) is 8.36. The summed E-state index contributed by atoms with van der Waals surface area (Å²) in [5.41, 5.74) is 8.42. The smallest absolute Gasteiger partial charge is 0.0275 e. The van der Waals surface area contributed by atoms with E-state index in [-0.39, 0.29) is 11.0 Å². The average Bonchev–Trinajstić information content (AvgIpc) is 2.50. The van der Waals surface area contributed by atoms with Crippen molar-refractivity contribution in [2.45, 2.75) is 77.7 Å². The quantitative estimate of drug-likeness (QED) is 0.685. The highest BCUT2D eigenvalue weighted by molar-refractivity contribution is 5.31. The van der Waals surface area contributed by atoms with Crippen LogP contribution in [0.3, 0.4) is 0 Å². The summed E-state index contributed by atoms with van der Waals surface area (Å²) in [7, 11) is 0. The molecule has 0 amide bonds. The first-order valence-electron chi connectivity index (χ1n) is 8.36. The largest absolute Gasteiger partial charge is 0.324 e. The van der Waals surface area contributed by atoms with Crippen molar-refractivity contribution in [1.82, 2.24) is 0 Å². The van der Waals surface area contributed by atoms with Gasteiger partial charge in [-0.25, -0.2) is 0 Å². The van der Waals surface area contributed by atoms with Crippen LogP contribution >= 0.6 is 0 Å². The molecule has 0 bridgehead atoms. The van der Waals surface area contributed by atoms with Gasteiger partial charge >= 0.3 is 0 Å². The lowest BCUT2D eigenvalue weighted by Gasteiger charge is -2.52. The molecule has 0 aliphatic heterocycles. The van der Waals surface area contributed by atoms with Crippen molar-refractivity contribution >= 4 is 0 Å². The molecule has 0 spiro atoms. The second-order valence-electron chi connectivity index (χ2n) is 6.24. The third-order valence-electron chi connectivity index (χ3n) is 5.61. The highest BCUT2D eigenvalue weighted by Crippen LogP contribution is 2.46. The number of hydrogen-bond acceptors (Lipinski definition) is 1. The molecule has 2 unspecified atom stereocenters. The van der Waals surface area contributed by atoms with E-state index in [2.05, 4.69) is 65.0 Å². The zero-order valence-corrected chi connectivity index (χ0v) is 14.1. The normalized spacial score (nSPS) is 16.7. The van der Waals surface area contributed by atoms with Gasteiger partial charge in [0.1, 0.15) is 0 Å². The Labute approximate surface area is 126 Å². The minimum Gasteiger partial charge on any atom is -0.324 e. The standard InChI is InChI=1S/C19H33N/c1-6-13-16(5)19(20,9-4)18(7-2,8-3)17-14-11-10-12-15-17/h10-12,14-16H,6-9,13,20H2,1-5H3. The monoisotopic (exact) mass is 275 g/mol. The molecule has 1 rings (SSSR count). The molecule has 0 aromatic heterocycles. The molecule has 0 fully saturated rings. The SMILES string of the molecule is CCCC(C)C(N)(CC)C(CC)(CC)c1ccccc1. The van der Waals surface area contributed by atoms with Crippen LogP contribution in [0.5, 0.6) is 0 Å². The molecule has 20 heavy (non-hydrogen) atoms. The highest BCUT2D eigenvalue weighted by Gasteiger charge is 2.48. The van der Waals surface area contributed by atoms with Gasteiger partial charge in [0, 0.05) is 11.0 Å². The molecule has 114 valence electrons. The summed E-state index contributed by atoms with van der Waals surface area (Å²) >= 11 is 0. The summed E-state index contributed by atoms with van der Waals surface area (Å²) in [5, 5.41) is 0. The van der Waals surface area contributed by atoms with Crippen molar-refractivity contribution in [1.29, 1.82) is 0 Å². The van der Waals surface area contributed by atoms with E-state index in [1.807, 2.05) is 0 Å². The van der Waals surface area contributed by atoms with Crippen molar-refractivity contribution in [2.75, 3.05) is 0 Å². The maximum absolute atomic E-state index is 7.06. The minimum atomic E-state index is -0.131. The van der Waals surface area contributed by atoms with Gasteiger partial charge in [0.15, 0.2) is 0 Å².